The predicted molar refractivity (Wildman–Crippen MR) is 79.9 cm³/mol. The van der Waals surface area contributed by atoms with Gasteiger partial charge < -0.3 is 5.73 Å². The van der Waals surface area contributed by atoms with Gasteiger partial charge >= 0.3 is 0 Å². The molecule has 0 fully saturated rings. The van der Waals surface area contributed by atoms with Crippen molar-refractivity contribution in [2.75, 3.05) is 5.73 Å². The minimum Gasteiger partial charge on any atom is -0.381 e. The number of aromatic nitrogens is 4. The van der Waals surface area contributed by atoms with Gasteiger partial charge in [-0.15, -0.1) is 0 Å². The van der Waals surface area contributed by atoms with E-state index in [1.54, 1.807) is 31.0 Å². The molecule has 0 saturated carbocycles. The molecule has 5 nitrogen and oxygen atoms in total. The first-order chi connectivity index (χ1) is 10.3. The van der Waals surface area contributed by atoms with Gasteiger partial charge in [-0.25, -0.2) is 9.97 Å². The number of nitrogen functional groups attached to an aromatic ring is 1. The molecule has 0 aromatic carbocycles. The highest BCUT2D eigenvalue weighted by Gasteiger charge is 2.04. The molecular weight excluding hydrogens is 262 g/mol. The Morgan fingerprint density at radius 1 is 0.905 bits per heavy atom. The van der Waals surface area contributed by atoms with Crippen LogP contribution in [-0.4, -0.2) is 19.9 Å². The van der Waals surface area contributed by atoms with Gasteiger partial charge in [-0.3, -0.25) is 9.97 Å². The number of nitrogens with two attached hydrogens (primary N) is 1. The van der Waals surface area contributed by atoms with Crippen LogP contribution in [0.4, 0.5) is 5.82 Å². The van der Waals surface area contributed by atoms with Gasteiger partial charge in [0.2, 0.25) is 0 Å². The Morgan fingerprint density at radius 2 is 1.71 bits per heavy atom. The first kappa shape index (κ1) is 12.8. The zero-order chi connectivity index (χ0) is 14.5. The van der Waals surface area contributed by atoms with E-state index < -0.39 is 0 Å². The molecule has 3 aromatic heterocycles. The molecule has 0 aliphatic rings. The minimum absolute atomic E-state index is 0.305. The number of pyridine rings is 2. The SMILES string of the molecule is Nc1ncc(-c2cccnc2)nc1C#Cc1cccnc1. The van der Waals surface area contributed by atoms with E-state index in [1.807, 2.05) is 24.3 Å². The van der Waals surface area contributed by atoms with Crippen molar-refractivity contribution in [1.82, 2.24) is 19.9 Å². The third-order valence-corrected chi connectivity index (χ3v) is 2.74. The summed E-state index contributed by atoms with van der Waals surface area (Å²) in [4.78, 5) is 16.6. The maximum atomic E-state index is 5.82. The maximum absolute atomic E-state index is 5.82. The van der Waals surface area contributed by atoms with E-state index in [1.165, 1.54) is 0 Å². The van der Waals surface area contributed by atoms with Gasteiger partial charge in [0, 0.05) is 35.9 Å². The van der Waals surface area contributed by atoms with Crippen molar-refractivity contribution in [3.05, 3.63) is 66.5 Å². The molecule has 0 atom stereocenters. The Kier molecular flexibility index (Phi) is 3.52. The molecule has 0 radical (unpaired) electrons. The van der Waals surface area contributed by atoms with Crippen LogP contribution < -0.4 is 5.73 Å². The molecule has 0 saturated heterocycles. The fourth-order valence-corrected chi connectivity index (χ4v) is 1.71. The second-order valence-electron chi connectivity index (χ2n) is 4.22. The van der Waals surface area contributed by atoms with E-state index in [0.29, 0.717) is 17.2 Å². The van der Waals surface area contributed by atoms with Gasteiger partial charge in [0.15, 0.2) is 11.5 Å². The fraction of sp³-hybridized carbons (Fsp3) is 0. The summed E-state index contributed by atoms with van der Waals surface area (Å²) in [5, 5.41) is 0. The minimum atomic E-state index is 0.305. The van der Waals surface area contributed by atoms with Crippen LogP contribution in [0, 0.1) is 11.8 Å². The molecule has 0 spiro atoms. The highest BCUT2D eigenvalue weighted by Crippen LogP contribution is 2.16. The molecule has 3 heterocycles. The molecular formula is C16H11N5. The van der Waals surface area contributed by atoms with Crippen molar-refractivity contribution >= 4 is 5.82 Å². The monoisotopic (exact) mass is 273 g/mol. The lowest BCUT2D eigenvalue weighted by molar-refractivity contribution is 1.18. The summed E-state index contributed by atoms with van der Waals surface area (Å²) >= 11 is 0. The van der Waals surface area contributed by atoms with E-state index in [9.17, 15) is 0 Å². The quantitative estimate of drug-likeness (QED) is 0.685. The first-order valence-corrected chi connectivity index (χ1v) is 6.28. The summed E-state index contributed by atoms with van der Waals surface area (Å²) in [5.41, 5.74) is 8.62. The molecule has 100 valence electrons. The van der Waals surface area contributed by atoms with E-state index in [4.69, 9.17) is 5.73 Å². The van der Waals surface area contributed by atoms with E-state index in [-0.39, 0.29) is 0 Å². The molecule has 21 heavy (non-hydrogen) atoms. The van der Waals surface area contributed by atoms with Crippen LogP contribution in [0.3, 0.4) is 0 Å². The molecule has 3 aromatic rings. The maximum Gasteiger partial charge on any atom is 0.158 e. The van der Waals surface area contributed by atoms with E-state index >= 15 is 0 Å². The summed E-state index contributed by atoms with van der Waals surface area (Å²) in [6.07, 6.45) is 8.42. The van der Waals surface area contributed by atoms with Gasteiger partial charge in [-0.1, -0.05) is 5.92 Å². The van der Waals surface area contributed by atoms with Crippen molar-refractivity contribution in [2.45, 2.75) is 0 Å². The van der Waals surface area contributed by atoms with Crippen molar-refractivity contribution in [3.63, 3.8) is 0 Å². The lowest BCUT2D eigenvalue weighted by Gasteiger charge is -2.02. The second kappa shape index (κ2) is 5.80. The summed E-state index contributed by atoms with van der Waals surface area (Å²) in [7, 11) is 0. The zero-order valence-electron chi connectivity index (χ0n) is 11.1. The van der Waals surface area contributed by atoms with Crippen LogP contribution in [0.2, 0.25) is 0 Å². The van der Waals surface area contributed by atoms with Crippen molar-refractivity contribution < 1.29 is 0 Å². The van der Waals surface area contributed by atoms with Crippen LogP contribution in [0.1, 0.15) is 11.3 Å². The molecule has 0 bridgehead atoms. The lowest BCUT2D eigenvalue weighted by Crippen LogP contribution is -1.99. The Hall–Kier alpha value is -3.26. The Bertz CT molecular complexity index is 804. The number of hydrogen-bond acceptors (Lipinski definition) is 5. The van der Waals surface area contributed by atoms with E-state index in [2.05, 4.69) is 31.8 Å². The topological polar surface area (TPSA) is 77.6 Å². The Labute approximate surface area is 121 Å². The third-order valence-electron chi connectivity index (χ3n) is 2.74. The van der Waals surface area contributed by atoms with Crippen molar-refractivity contribution in [1.29, 1.82) is 0 Å². The highest BCUT2D eigenvalue weighted by atomic mass is 14.9. The molecule has 0 aliphatic carbocycles. The van der Waals surface area contributed by atoms with Crippen LogP contribution in [0.5, 0.6) is 0 Å². The molecule has 2 N–H and O–H groups in total. The number of anilines is 1. The van der Waals surface area contributed by atoms with Crippen molar-refractivity contribution in [3.8, 4) is 23.1 Å². The fourth-order valence-electron chi connectivity index (χ4n) is 1.71. The Morgan fingerprint density at radius 3 is 2.43 bits per heavy atom. The smallest absolute Gasteiger partial charge is 0.158 e. The molecule has 0 unspecified atom stereocenters. The zero-order valence-corrected chi connectivity index (χ0v) is 11.1. The largest absolute Gasteiger partial charge is 0.381 e. The average Bonchev–Trinajstić information content (AvgIpc) is 2.56. The van der Waals surface area contributed by atoms with Crippen LogP contribution in [-0.2, 0) is 0 Å². The van der Waals surface area contributed by atoms with E-state index in [0.717, 1.165) is 11.1 Å². The standard InChI is InChI=1S/C16H11N5/c17-16-14(6-5-12-3-1-7-18-9-12)21-15(11-20-16)13-4-2-8-19-10-13/h1-4,7-11H,(H2,17,20). The van der Waals surface area contributed by atoms with Gasteiger partial charge in [-0.2, -0.15) is 0 Å². The van der Waals surface area contributed by atoms with Gasteiger partial charge in [-0.05, 0) is 30.2 Å². The summed E-state index contributed by atoms with van der Waals surface area (Å²) in [5.74, 6) is 6.20. The number of hydrogen-bond donors (Lipinski definition) is 1. The van der Waals surface area contributed by atoms with Gasteiger partial charge in [0.25, 0.3) is 0 Å². The van der Waals surface area contributed by atoms with Crippen LogP contribution in [0.25, 0.3) is 11.3 Å². The molecule has 0 aliphatic heterocycles. The molecule has 3 rings (SSSR count). The summed E-state index contributed by atoms with van der Waals surface area (Å²) in [6.45, 7) is 0. The normalized spacial score (nSPS) is 9.71. The second-order valence-corrected chi connectivity index (χ2v) is 4.22. The average molecular weight is 273 g/mol. The van der Waals surface area contributed by atoms with Crippen LogP contribution in [0.15, 0.2) is 55.2 Å². The molecule has 0 amide bonds. The summed E-state index contributed by atoms with van der Waals surface area (Å²) < 4.78 is 0. The summed E-state index contributed by atoms with van der Waals surface area (Å²) in [6, 6.07) is 7.44. The highest BCUT2D eigenvalue weighted by molar-refractivity contribution is 5.60. The third kappa shape index (κ3) is 3.01. The Balaban J connectivity index is 1.98. The molecule has 5 heteroatoms. The van der Waals surface area contributed by atoms with Crippen molar-refractivity contribution in [2.24, 2.45) is 0 Å². The van der Waals surface area contributed by atoms with Crippen LogP contribution >= 0.6 is 0 Å². The van der Waals surface area contributed by atoms with Gasteiger partial charge in [0.05, 0.1) is 11.9 Å². The predicted octanol–water partition coefficient (Wildman–Crippen LogP) is 1.92. The number of rotatable bonds is 1. The van der Waals surface area contributed by atoms with Gasteiger partial charge in [0.1, 0.15) is 0 Å². The first-order valence-electron chi connectivity index (χ1n) is 6.28. The lowest BCUT2D eigenvalue weighted by atomic mass is 10.2. The number of nitrogens with zero attached hydrogens (tertiary/aromatic N) is 4.